The molecule has 1 aliphatic heterocycles. The van der Waals surface area contributed by atoms with Gasteiger partial charge in [0.2, 0.25) is 5.91 Å². The molecule has 0 bridgehead atoms. The highest BCUT2D eigenvalue weighted by Gasteiger charge is 2.31. The predicted molar refractivity (Wildman–Crippen MR) is 117 cm³/mol. The van der Waals surface area contributed by atoms with Gasteiger partial charge in [0.05, 0.1) is 30.3 Å². The highest BCUT2D eigenvalue weighted by molar-refractivity contribution is 7.90. The second-order valence-electron chi connectivity index (χ2n) is 8.51. The van der Waals surface area contributed by atoms with Gasteiger partial charge in [-0.15, -0.1) is 0 Å². The third-order valence-electron chi connectivity index (χ3n) is 6.06. The lowest BCUT2D eigenvalue weighted by atomic mass is 9.91. The van der Waals surface area contributed by atoms with Crippen molar-refractivity contribution in [2.45, 2.75) is 64.6 Å². The fraction of sp³-hybridized carbons (Fsp3) is 0.545. The van der Waals surface area contributed by atoms with Gasteiger partial charge in [0.15, 0.2) is 0 Å². The molecule has 2 heterocycles. The normalized spacial score (nSPS) is 19.3. The molecule has 0 saturated heterocycles. The van der Waals surface area contributed by atoms with E-state index in [1.165, 1.54) is 12.7 Å². The Morgan fingerprint density at radius 1 is 1.27 bits per heavy atom. The summed E-state index contributed by atoms with van der Waals surface area (Å²) in [6, 6.07) is 4.17. The number of benzene rings is 1. The van der Waals surface area contributed by atoms with Gasteiger partial charge in [-0.3, -0.25) is 9.48 Å². The van der Waals surface area contributed by atoms with E-state index in [1.54, 1.807) is 17.8 Å². The molecule has 0 N–H and O–H groups in total. The molecule has 1 saturated carbocycles. The van der Waals surface area contributed by atoms with E-state index in [-0.39, 0.29) is 23.8 Å². The first kappa shape index (κ1) is 20.9. The minimum absolute atomic E-state index is 0.0411. The summed E-state index contributed by atoms with van der Waals surface area (Å²) >= 11 is 0. The van der Waals surface area contributed by atoms with Crippen LogP contribution in [0.3, 0.4) is 0 Å². The summed E-state index contributed by atoms with van der Waals surface area (Å²) in [5.74, 6) is 0.937. The molecule has 1 aliphatic carbocycles. The number of hydrogen-bond donors (Lipinski definition) is 0. The van der Waals surface area contributed by atoms with Crippen molar-refractivity contribution in [3.63, 3.8) is 0 Å². The first-order valence-electron chi connectivity index (χ1n) is 10.6. The van der Waals surface area contributed by atoms with Crippen LogP contribution >= 0.6 is 0 Å². The van der Waals surface area contributed by atoms with Gasteiger partial charge in [0.25, 0.3) is 0 Å². The molecule has 1 atom stereocenters. The number of anilines is 1. The fourth-order valence-electron chi connectivity index (χ4n) is 4.19. The van der Waals surface area contributed by atoms with Gasteiger partial charge in [0.1, 0.15) is 15.6 Å². The van der Waals surface area contributed by atoms with E-state index in [0.717, 1.165) is 53.8 Å². The monoisotopic (exact) mass is 431 g/mol. The van der Waals surface area contributed by atoms with E-state index in [1.807, 2.05) is 23.2 Å². The van der Waals surface area contributed by atoms with Crippen molar-refractivity contribution >= 4 is 21.4 Å². The average Bonchev–Trinajstić information content (AvgIpc) is 3.10. The van der Waals surface area contributed by atoms with E-state index in [2.05, 4.69) is 12.0 Å². The van der Waals surface area contributed by atoms with Gasteiger partial charge in [-0.1, -0.05) is 0 Å². The van der Waals surface area contributed by atoms with Crippen molar-refractivity contribution in [1.82, 2.24) is 9.78 Å². The molecule has 0 spiro atoms. The average molecular weight is 432 g/mol. The number of rotatable bonds is 6. The number of carbonyl (C=O) groups is 1. The summed E-state index contributed by atoms with van der Waals surface area (Å²) < 4.78 is 31.1. The van der Waals surface area contributed by atoms with Crippen molar-refractivity contribution in [2.75, 3.05) is 16.9 Å². The molecule has 2 aromatic rings. The van der Waals surface area contributed by atoms with Crippen molar-refractivity contribution in [3.8, 4) is 16.9 Å². The van der Waals surface area contributed by atoms with Crippen LogP contribution in [-0.4, -0.2) is 48.3 Å². The Morgan fingerprint density at radius 3 is 2.67 bits per heavy atom. The fourth-order valence-corrected chi connectivity index (χ4v) is 4.70. The molecule has 162 valence electrons. The van der Waals surface area contributed by atoms with Crippen molar-refractivity contribution < 1.29 is 17.9 Å². The maximum atomic E-state index is 12.3. The Morgan fingerprint density at radius 2 is 2.03 bits per heavy atom. The maximum Gasteiger partial charge on any atom is 0.224 e. The summed E-state index contributed by atoms with van der Waals surface area (Å²) in [4.78, 5) is 14.2. The summed E-state index contributed by atoms with van der Waals surface area (Å²) in [5, 5.41) is 4.35. The van der Waals surface area contributed by atoms with Crippen LogP contribution in [0, 0.1) is 0 Å². The summed E-state index contributed by atoms with van der Waals surface area (Å²) in [5.41, 5.74) is 3.86. The Hall–Kier alpha value is -2.35. The number of ether oxygens (including phenoxy) is 1. The SMILES string of the molecule is CC(=O)N1c2ccc(-c3cnn(CCS(C)(=O)=O)c3)c(OC3CCC3)c2CC[C@@H]1C. The van der Waals surface area contributed by atoms with Crippen LogP contribution in [0.25, 0.3) is 11.1 Å². The zero-order chi connectivity index (χ0) is 21.5. The van der Waals surface area contributed by atoms with Gasteiger partial charge in [0, 0.05) is 42.1 Å². The minimum Gasteiger partial charge on any atom is -0.489 e. The molecular weight excluding hydrogens is 402 g/mol. The van der Waals surface area contributed by atoms with Crippen LogP contribution in [0.5, 0.6) is 5.75 Å². The number of carbonyl (C=O) groups excluding carboxylic acids is 1. The third kappa shape index (κ3) is 4.24. The molecule has 1 aromatic carbocycles. The lowest BCUT2D eigenvalue weighted by Crippen LogP contribution is -2.41. The van der Waals surface area contributed by atoms with E-state index in [0.29, 0.717) is 6.54 Å². The van der Waals surface area contributed by atoms with Crippen molar-refractivity contribution in [2.24, 2.45) is 0 Å². The topological polar surface area (TPSA) is 81.5 Å². The lowest BCUT2D eigenvalue weighted by Gasteiger charge is -2.37. The van der Waals surface area contributed by atoms with Crippen LogP contribution in [0.15, 0.2) is 24.5 Å². The van der Waals surface area contributed by atoms with Crippen molar-refractivity contribution in [3.05, 3.63) is 30.1 Å². The maximum absolute atomic E-state index is 12.3. The first-order chi connectivity index (χ1) is 14.2. The van der Waals surface area contributed by atoms with Crippen LogP contribution < -0.4 is 9.64 Å². The number of hydrogen-bond acceptors (Lipinski definition) is 5. The standard InChI is InChI=1S/C22H29N3O4S/c1-15-7-8-20-21(25(15)16(2)26)10-9-19(22(20)29-18-5-4-6-18)17-13-23-24(14-17)11-12-30(3,27)28/h9-10,13-15,18H,4-8,11-12H2,1-3H3/t15-/m0/s1. The molecule has 1 aromatic heterocycles. The van der Waals surface area contributed by atoms with E-state index >= 15 is 0 Å². The van der Waals surface area contributed by atoms with Crippen LogP contribution in [0.2, 0.25) is 0 Å². The van der Waals surface area contributed by atoms with Gasteiger partial charge in [-0.2, -0.15) is 5.10 Å². The molecule has 30 heavy (non-hydrogen) atoms. The summed E-state index contributed by atoms with van der Waals surface area (Å²) in [6.45, 7) is 4.01. The third-order valence-corrected chi connectivity index (χ3v) is 6.98. The molecule has 1 fully saturated rings. The number of aryl methyl sites for hydroxylation is 1. The van der Waals surface area contributed by atoms with Crippen LogP contribution in [0.1, 0.15) is 45.1 Å². The van der Waals surface area contributed by atoms with Crippen molar-refractivity contribution in [1.29, 1.82) is 0 Å². The first-order valence-corrected chi connectivity index (χ1v) is 12.6. The van der Waals surface area contributed by atoms with Gasteiger partial charge >= 0.3 is 0 Å². The predicted octanol–water partition coefficient (Wildman–Crippen LogP) is 3.21. The number of fused-ring (bicyclic) bond motifs is 1. The van der Waals surface area contributed by atoms with E-state index in [9.17, 15) is 13.2 Å². The number of sulfone groups is 1. The summed E-state index contributed by atoms with van der Waals surface area (Å²) in [7, 11) is -3.05. The number of nitrogens with zero attached hydrogens (tertiary/aromatic N) is 3. The quantitative estimate of drug-likeness (QED) is 0.701. The Labute approximate surface area is 177 Å². The Bertz CT molecular complexity index is 1060. The summed E-state index contributed by atoms with van der Waals surface area (Å²) in [6.07, 6.45) is 10.1. The number of aromatic nitrogens is 2. The molecule has 0 unspecified atom stereocenters. The molecule has 8 heteroatoms. The van der Waals surface area contributed by atoms with E-state index < -0.39 is 9.84 Å². The molecule has 0 radical (unpaired) electrons. The lowest BCUT2D eigenvalue weighted by molar-refractivity contribution is -0.117. The zero-order valence-electron chi connectivity index (χ0n) is 17.8. The molecular formula is C22H29N3O4S. The molecule has 7 nitrogen and oxygen atoms in total. The highest BCUT2D eigenvalue weighted by Crippen LogP contribution is 2.44. The zero-order valence-corrected chi connectivity index (χ0v) is 18.6. The Kier molecular flexibility index (Phi) is 5.61. The van der Waals surface area contributed by atoms with Gasteiger partial charge in [-0.05, 0) is 51.2 Å². The molecule has 2 aliphatic rings. The molecule has 1 amide bonds. The smallest absolute Gasteiger partial charge is 0.224 e. The number of amides is 1. The second-order valence-corrected chi connectivity index (χ2v) is 10.8. The largest absolute Gasteiger partial charge is 0.489 e. The van der Waals surface area contributed by atoms with Gasteiger partial charge in [-0.25, -0.2) is 8.42 Å². The highest BCUT2D eigenvalue weighted by atomic mass is 32.2. The van der Waals surface area contributed by atoms with E-state index in [4.69, 9.17) is 4.74 Å². The second kappa shape index (κ2) is 8.06. The van der Waals surface area contributed by atoms with Gasteiger partial charge < -0.3 is 9.64 Å². The Balaban J connectivity index is 1.73. The minimum atomic E-state index is -3.05. The van der Waals surface area contributed by atoms with Crippen LogP contribution in [-0.2, 0) is 27.6 Å². The van der Waals surface area contributed by atoms with Crippen LogP contribution in [0.4, 0.5) is 5.69 Å². The molecule has 4 rings (SSSR count).